The summed E-state index contributed by atoms with van der Waals surface area (Å²) in [7, 11) is 0. The Balaban J connectivity index is 2.76. The van der Waals surface area contributed by atoms with Gasteiger partial charge in [-0.2, -0.15) is 0 Å². The Labute approximate surface area is 99.5 Å². The molecule has 0 amide bonds. The Morgan fingerprint density at radius 1 is 1.50 bits per heavy atom. The summed E-state index contributed by atoms with van der Waals surface area (Å²) < 4.78 is 2.40. The molecule has 0 saturated heterocycles. The van der Waals surface area contributed by atoms with Gasteiger partial charge in [0.15, 0.2) is 5.69 Å². The van der Waals surface area contributed by atoms with Gasteiger partial charge in [-0.3, -0.25) is 4.40 Å². The summed E-state index contributed by atoms with van der Waals surface area (Å²) in [6.07, 6.45) is 0.317. The number of carboxylic acids is 1. The molecule has 0 atom stereocenters. The van der Waals surface area contributed by atoms with Crippen LogP contribution in [0.25, 0.3) is 5.52 Å². The van der Waals surface area contributed by atoms with Crippen LogP contribution in [-0.2, 0) is 6.42 Å². The Hall–Kier alpha value is -1.40. The van der Waals surface area contributed by atoms with Crippen molar-refractivity contribution >= 4 is 27.4 Å². The van der Waals surface area contributed by atoms with Crippen LogP contribution in [0.15, 0.2) is 22.8 Å². The fourth-order valence-corrected chi connectivity index (χ4v) is 2.14. The van der Waals surface area contributed by atoms with Gasteiger partial charge in [-0.1, -0.05) is 6.07 Å². The normalized spacial score (nSPS) is 10.9. The van der Waals surface area contributed by atoms with E-state index in [1.807, 2.05) is 0 Å². The molecule has 0 fully saturated rings. The summed E-state index contributed by atoms with van der Waals surface area (Å²) in [4.78, 5) is 15.0. The van der Waals surface area contributed by atoms with Crippen LogP contribution in [0.1, 0.15) is 16.3 Å². The fourth-order valence-electron chi connectivity index (χ4n) is 1.59. The molecule has 0 bridgehead atoms. The van der Waals surface area contributed by atoms with E-state index >= 15 is 0 Å². The maximum Gasteiger partial charge on any atom is 0.356 e. The Bertz CT molecular complexity index is 550. The fraction of sp³-hybridized carbons (Fsp3) is 0.200. The molecule has 0 aliphatic heterocycles. The van der Waals surface area contributed by atoms with Crippen molar-refractivity contribution < 1.29 is 15.0 Å². The number of hydrogen-bond donors (Lipinski definition) is 2. The van der Waals surface area contributed by atoms with Crippen molar-refractivity contribution in [2.45, 2.75) is 6.42 Å². The average molecular weight is 285 g/mol. The van der Waals surface area contributed by atoms with Crippen LogP contribution in [0.4, 0.5) is 0 Å². The van der Waals surface area contributed by atoms with Crippen molar-refractivity contribution in [2.24, 2.45) is 0 Å². The summed E-state index contributed by atoms with van der Waals surface area (Å²) in [5.74, 6) is -0.540. The number of rotatable bonds is 3. The molecule has 5 nitrogen and oxygen atoms in total. The van der Waals surface area contributed by atoms with Gasteiger partial charge in [0.1, 0.15) is 5.82 Å². The average Bonchev–Trinajstić information content (AvgIpc) is 2.59. The molecular weight excluding hydrogens is 276 g/mol. The highest BCUT2D eigenvalue weighted by Crippen LogP contribution is 2.20. The highest BCUT2D eigenvalue weighted by atomic mass is 79.9. The number of aliphatic hydroxyl groups excluding tert-OH is 1. The third-order valence-electron chi connectivity index (χ3n) is 2.22. The van der Waals surface area contributed by atoms with Crippen molar-refractivity contribution in [3.05, 3.63) is 34.3 Å². The van der Waals surface area contributed by atoms with Crippen molar-refractivity contribution in [3.63, 3.8) is 0 Å². The first kappa shape index (κ1) is 11.1. The van der Waals surface area contributed by atoms with Crippen molar-refractivity contribution in [1.82, 2.24) is 9.38 Å². The minimum absolute atomic E-state index is 0.00440. The summed E-state index contributed by atoms with van der Waals surface area (Å²) in [6, 6.07) is 5.22. The number of aromatic nitrogens is 2. The molecule has 6 heteroatoms. The molecule has 2 N–H and O–H groups in total. The standard InChI is InChI=1S/C10H9BrN2O3/c11-7-3-1-2-6-9(10(15)16)12-8(4-5-14)13(6)7/h1-3,14H,4-5H2,(H,15,16). The highest BCUT2D eigenvalue weighted by molar-refractivity contribution is 9.10. The minimum atomic E-state index is -1.07. The number of aromatic carboxylic acids is 1. The summed E-state index contributed by atoms with van der Waals surface area (Å²) in [6.45, 7) is -0.0699. The van der Waals surface area contributed by atoms with Crippen LogP contribution in [0, 0.1) is 0 Å². The maximum atomic E-state index is 11.0. The van der Waals surface area contributed by atoms with E-state index in [2.05, 4.69) is 20.9 Å². The number of imidazole rings is 1. The molecule has 2 aromatic heterocycles. The smallest absolute Gasteiger partial charge is 0.356 e. The SMILES string of the molecule is O=C(O)c1nc(CCO)n2c(Br)cccc12. The lowest BCUT2D eigenvalue weighted by atomic mass is 10.3. The van der Waals surface area contributed by atoms with E-state index in [0.29, 0.717) is 22.4 Å². The zero-order chi connectivity index (χ0) is 11.7. The number of pyridine rings is 1. The second kappa shape index (κ2) is 4.23. The number of fused-ring (bicyclic) bond motifs is 1. The van der Waals surface area contributed by atoms with Gasteiger partial charge in [0.25, 0.3) is 0 Å². The van der Waals surface area contributed by atoms with E-state index in [-0.39, 0.29) is 12.3 Å². The zero-order valence-electron chi connectivity index (χ0n) is 8.22. The van der Waals surface area contributed by atoms with Gasteiger partial charge < -0.3 is 10.2 Å². The number of carboxylic acid groups (broad SMARTS) is 1. The molecule has 0 aromatic carbocycles. The van der Waals surface area contributed by atoms with Crippen LogP contribution in [0.2, 0.25) is 0 Å². The van der Waals surface area contributed by atoms with E-state index in [9.17, 15) is 4.79 Å². The molecule has 0 radical (unpaired) electrons. The molecule has 0 spiro atoms. The van der Waals surface area contributed by atoms with Gasteiger partial charge in [-0.25, -0.2) is 9.78 Å². The summed E-state index contributed by atoms with van der Waals surface area (Å²) in [5.41, 5.74) is 0.523. The van der Waals surface area contributed by atoms with E-state index in [1.165, 1.54) is 0 Å². The molecule has 0 aliphatic rings. The molecule has 84 valence electrons. The van der Waals surface area contributed by atoms with Gasteiger partial charge in [0.05, 0.1) is 16.7 Å². The van der Waals surface area contributed by atoms with Crippen molar-refractivity contribution in [1.29, 1.82) is 0 Å². The first-order valence-electron chi connectivity index (χ1n) is 4.65. The molecule has 16 heavy (non-hydrogen) atoms. The van der Waals surface area contributed by atoms with Gasteiger partial charge in [-0.05, 0) is 28.1 Å². The third kappa shape index (κ3) is 1.70. The zero-order valence-corrected chi connectivity index (χ0v) is 9.81. The Kier molecular flexibility index (Phi) is 2.93. The van der Waals surface area contributed by atoms with Crippen LogP contribution >= 0.6 is 15.9 Å². The van der Waals surface area contributed by atoms with Crippen LogP contribution in [0.3, 0.4) is 0 Å². The van der Waals surface area contributed by atoms with Gasteiger partial charge in [-0.15, -0.1) is 0 Å². The second-order valence-corrected chi connectivity index (χ2v) is 4.04. The monoisotopic (exact) mass is 284 g/mol. The van der Waals surface area contributed by atoms with Crippen LogP contribution in [0.5, 0.6) is 0 Å². The lowest BCUT2D eigenvalue weighted by Crippen LogP contribution is -1.99. The first-order chi connectivity index (χ1) is 7.65. The number of hydrogen-bond acceptors (Lipinski definition) is 3. The Morgan fingerprint density at radius 2 is 2.25 bits per heavy atom. The van der Waals surface area contributed by atoms with Crippen LogP contribution < -0.4 is 0 Å². The van der Waals surface area contributed by atoms with Gasteiger partial charge in [0, 0.05) is 6.42 Å². The number of halogens is 1. The number of aliphatic hydroxyl groups is 1. The number of carbonyl (C=O) groups is 1. The second-order valence-electron chi connectivity index (χ2n) is 3.22. The quantitative estimate of drug-likeness (QED) is 0.834. The molecule has 0 saturated carbocycles. The highest BCUT2D eigenvalue weighted by Gasteiger charge is 2.17. The van der Waals surface area contributed by atoms with Crippen molar-refractivity contribution in [2.75, 3.05) is 6.61 Å². The molecular formula is C10H9BrN2O3. The number of nitrogens with zero attached hydrogens (tertiary/aromatic N) is 2. The van der Waals surface area contributed by atoms with Gasteiger partial charge in [0.2, 0.25) is 0 Å². The minimum Gasteiger partial charge on any atom is -0.476 e. The summed E-state index contributed by atoms with van der Waals surface area (Å²) >= 11 is 3.33. The molecule has 2 rings (SSSR count). The maximum absolute atomic E-state index is 11.0. The van der Waals surface area contributed by atoms with E-state index in [0.717, 1.165) is 0 Å². The molecule has 2 aromatic rings. The van der Waals surface area contributed by atoms with E-state index in [4.69, 9.17) is 10.2 Å². The Morgan fingerprint density at radius 3 is 2.88 bits per heavy atom. The lowest BCUT2D eigenvalue weighted by Gasteiger charge is -2.01. The summed E-state index contributed by atoms with van der Waals surface area (Å²) in [5, 5.41) is 17.9. The lowest BCUT2D eigenvalue weighted by molar-refractivity contribution is 0.0693. The van der Waals surface area contributed by atoms with E-state index < -0.39 is 5.97 Å². The van der Waals surface area contributed by atoms with Crippen LogP contribution in [-0.4, -0.2) is 32.2 Å². The molecule has 0 aliphatic carbocycles. The molecule has 2 heterocycles. The van der Waals surface area contributed by atoms with E-state index in [1.54, 1.807) is 22.6 Å². The molecule has 0 unspecified atom stereocenters. The largest absolute Gasteiger partial charge is 0.476 e. The third-order valence-corrected chi connectivity index (χ3v) is 2.84. The van der Waals surface area contributed by atoms with Gasteiger partial charge >= 0.3 is 5.97 Å². The first-order valence-corrected chi connectivity index (χ1v) is 5.44. The van der Waals surface area contributed by atoms with Crippen molar-refractivity contribution in [3.8, 4) is 0 Å². The predicted molar refractivity (Wildman–Crippen MR) is 60.6 cm³/mol. The predicted octanol–water partition coefficient (Wildman–Crippen LogP) is 1.33. The topological polar surface area (TPSA) is 74.8 Å².